The standard InChI is InChI=1S/C7H8IO/c1-9-7-3-5-2-6(5)4-8-7/h2-3,6H,4H2,1H3/q-1/t6-/m0/s1. The zero-order valence-electron chi connectivity index (χ0n) is 5.23. The average molecular weight is 235 g/mol. The number of alkyl halides is 1. The second kappa shape index (κ2) is 2.01. The van der Waals surface area contributed by atoms with E-state index in [9.17, 15) is 0 Å². The van der Waals surface area contributed by atoms with Crippen LogP contribution in [0.4, 0.5) is 0 Å². The van der Waals surface area contributed by atoms with Gasteiger partial charge in [0.2, 0.25) is 0 Å². The topological polar surface area (TPSA) is 9.23 Å². The average Bonchev–Trinajstić information content (AvgIpc) is 2.64. The van der Waals surface area contributed by atoms with E-state index in [-0.39, 0.29) is 21.2 Å². The molecule has 0 bridgehead atoms. The van der Waals surface area contributed by atoms with Gasteiger partial charge >= 0.3 is 64.9 Å². The summed E-state index contributed by atoms with van der Waals surface area (Å²) in [7, 11) is 1.77. The van der Waals surface area contributed by atoms with Crippen LogP contribution in [0.1, 0.15) is 0 Å². The predicted molar refractivity (Wildman–Crippen MR) is 31.5 cm³/mol. The molecule has 0 radical (unpaired) electrons. The molecule has 9 heavy (non-hydrogen) atoms. The van der Waals surface area contributed by atoms with Crippen LogP contribution < -0.4 is 21.2 Å². The summed E-state index contributed by atoms with van der Waals surface area (Å²) in [6.07, 6.45) is 4.53. The van der Waals surface area contributed by atoms with Crippen molar-refractivity contribution in [3.05, 3.63) is 21.5 Å². The SMILES string of the molecule is COC1=CC2=C[C@H]2C[I-]1. The zero-order valence-corrected chi connectivity index (χ0v) is 7.38. The van der Waals surface area contributed by atoms with Crippen molar-refractivity contribution < 1.29 is 25.9 Å². The van der Waals surface area contributed by atoms with Gasteiger partial charge in [-0.1, -0.05) is 0 Å². The van der Waals surface area contributed by atoms with Gasteiger partial charge in [0.25, 0.3) is 0 Å². The molecule has 1 aliphatic carbocycles. The van der Waals surface area contributed by atoms with Crippen molar-refractivity contribution in [1.29, 1.82) is 0 Å². The monoisotopic (exact) mass is 235 g/mol. The van der Waals surface area contributed by atoms with Crippen molar-refractivity contribution in [3.63, 3.8) is 0 Å². The molecule has 0 unspecified atom stereocenters. The number of allylic oxidation sites excluding steroid dienone is 3. The molecule has 1 nitrogen and oxygen atoms in total. The fraction of sp³-hybridized carbons (Fsp3) is 0.429. The molecule has 2 rings (SSSR count). The van der Waals surface area contributed by atoms with E-state index in [0.29, 0.717) is 0 Å². The van der Waals surface area contributed by atoms with Gasteiger partial charge in [0.15, 0.2) is 0 Å². The second-order valence-electron chi connectivity index (χ2n) is 2.21. The normalized spacial score (nSPS) is 31.0. The van der Waals surface area contributed by atoms with E-state index < -0.39 is 0 Å². The molecule has 0 saturated carbocycles. The van der Waals surface area contributed by atoms with E-state index in [0.717, 1.165) is 5.92 Å². The van der Waals surface area contributed by atoms with E-state index in [1.54, 1.807) is 7.11 Å². The summed E-state index contributed by atoms with van der Waals surface area (Å²) < 4.78 is 7.80. The van der Waals surface area contributed by atoms with Crippen molar-refractivity contribution in [2.45, 2.75) is 0 Å². The Labute approximate surface area is 65.0 Å². The molecule has 0 aromatic heterocycles. The molecule has 2 heteroatoms. The summed E-state index contributed by atoms with van der Waals surface area (Å²) in [5, 5.41) is 0. The fourth-order valence-corrected chi connectivity index (χ4v) is 3.48. The first-order valence-electron chi connectivity index (χ1n) is 2.96. The summed E-state index contributed by atoms with van der Waals surface area (Å²) >= 11 is 0.237. The Morgan fingerprint density at radius 1 is 1.78 bits per heavy atom. The van der Waals surface area contributed by atoms with Crippen molar-refractivity contribution in [2.24, 2.45) is 5.92 Å². The molecule has 50 valence electrons. The number of methoxy groups -OCH3 is 1. The van der Waals surface area contributed by atoms with E-state index in [1.165, 1.54) is 13.8 Å². The third kappa shape index (κ3) is 1.000. The fourth-order valence-electron chi connectivity index (χ4n) is 0.915. The van der Waals surface area contributed by atoms with Gasteiger partial charge in [-0.3, -0.25) is 0 Å². The summed E-state index contributed by atoms with van der Waals surface area (Å²) in [6, 6.07) is 0. The van der Waals surface area contributed by atoms with Crippen LogP contribution in [-0.4, -0.2) is 11.5 Å². The van der Waals surface area contributed by atoms with E-state index >= 15 is 0 Å². The van der Waals surface area contributed by atoms with Gasteiger partial charge < -0.3 is 0 Å². The quantitative estimate of drug-likeness (QED) is 0.382. The van der Waals surface area contributed by atoms with E-state index in [1.807, 2.05) is 0 Å². The summed E-state index contributed by atoms with van der Waals surface area (Å²) in [5.41, 5.74) is 1.51. The number of ether oxygens (including phenoxy) is 1. The molecule has 0 amide bonds. The molecule has 1 heterocycles. The maximum absolute atomic E-state index is 5.16. The van der Waals surface area contributed by atoms with Crippen LogP contribution in [0, 0.1) is 5.92 Å². The minimum absolute atomic E-state index is 0.237. The summed E-state index contributed by atoms with van der Waals surface area (Å²) in [4.78, 5) is 0. The van der Waals surface area contributed by atoms with Gasteiger partial charge in [-0.25, -0.2) is 0 Å². The third-order valence-electron chi connectivity index (χ3n) is 1.56. The molecule has 0 aromatic carbocycles. The second-order valence-corrected chi connectivity index (χ2v) is 4.92. The van der Waals surface area contributed by atoms with Crippen LogP contribution in [0.5, 0.6) is 0 Å². The maximum atomic E-state index is 5.16. The number of hydrogen-bond donors (Lipinski definition) is 0. The number of halogens is 1. The predicted octanol–water partition coefficient (Wildman–Crippen LogP) is -1.87. The third-order valence-corrected chi connectivity index (χ3v) is 4.46. The van der Waals surface area contributed by atoms with Crippen LogP contribution in [0.15, 0.2) is 21.5 Å². The molecule has 0 spiro atoms. The van der Waals surface area contributed by atoms with Crippen LogP contribution in [0.3, 0.4) is 0 Å². The van der Waals surface area contributed by atoms with Gasteiger partial charge in [-0.15, -0.1) is 0 Å². The first-order valence-corrected chi connectivity index (χ1v) is 5.57. The van der Waals surface area contributed by atoms with E-state index in [2.05, 4.69) is 12.2 Å². The summed E-state index contributed by atoms with van der Waals surface area (Å²) in [6.45, 7) is 0. The molecule has 0 fully saturated rings. The van der Waals surface area contributed by atoms with Gasteiger partial charge in [-0.05, 0) is 0 Å². The molecule has 1 aliphatic heterocycles. The zero-order chi connectivity index (χ0) is 6.27. The van der Waals surface area contributed by atoms with Crippen LogP contribution >= 0.6 is 0 Å². The number of hydrogen-bond acceptors (Lipinski definition) is 1. The van der Waals surface area contributed by atoms with Crippen LogP contribution in [0.25, 0.3) is 0 Å². The summed E-state index contributed by atoms with van der Waals surface area (Å²) in [5.74, 6) is 0.872. The Kier molecular flexibility index (Phi) is 1.29. The van der Waals surface area contributed by atoms with Crippen molar-refractivity contribution in [3.8, 4) is 0 Å². The Hall–Kier alpha value is 0.01000. The number of fused-ring (bicyclic) bond motifs is 1. The van der Waals surface area contributed by atoms with Crippen LogP contribution in [-0.2, 0) is 4.74 Å². The Balaban J connectivity index is 2.13. The first-order chi connectivity index (χ1) is 4.40. The van der Waals surface area contributed by atoms with Gasteiger partial charge in [0.05, 0.1) is 0 Å². The minimum atomic E-state index is 0.237. The Morgan fingerprint density at radius 2 is 2.67 bits per heavy atom. The number of rotatable bonds is 1. The van der Waals surface area contributed by atoms with Crippen molar-refractivity contribution in [1.82, 2.24) is 0 Å². The molecule has 1 atom stereocenters. The molecule has 0 saturated heterocycles. The van der Waals surface area contributed by atoms with Crippen molar-refractivity contribution >= 4 is 0 Å². The van der Waals surface area contributed by atoms with Gasteiger partial charge in [0, 0.05) is 0 Å². The van der Waals surface area contributed by atoms with Gasteiger partial charge in [-0.2, -0.15) is 0 Å². The Bertz CT molecular complexity index is 193. The van der Waals surface area contributed by atoms with Crippen LogP contribution in [0.2, 0.25) is 0 Å². The van der Waals surface area contributed by atoms with Crippen molar-refractivity contribution in [2.75, 3.05) is 11.5 Å². The molecular weight excluding hydrogens is 227 g/mol. The molecule has 0 N–H and O–H groups in total. The molecular formula is C7H8IO-. The molecule has 2 aliphatic rings. The first kappa shape index (κ1) is 5.77. The van der Waals surface area contributed by atoms with Gasteiger partial charge in [0.1, 0.15) is 0 Å². The Morgan fingerprint density at radius 3 is 3.33 bits per heavy atom. The van der Waals surface area contributed by atoms with E-state index in [4.69, 9.17) is 4.74 Å². The molecule has 0 aromatic rings.